The van der Waals surface area contributed by atoms with E-state index in [1.54, 1.807) is 0 Å². The van der Waals surface area contributed by atoms with Gasteiger partial charge in [-0.05, 0) is 86.3 Å². The van der Waals surface area contributed by atoms with Crippen LogP contribution in [0.3, 0.4) is 0 Å². The van der Waals surface area contributed by atoms with E-state index in [-0.39, 0.29) is 0 Å². The Balaban J connectivity index is 2.11. The Hall–Kier alpha value is -1.38. The van der Waals surface area contributed by atoms with Crippen LogP contribution in [0.25, 0.3) is 20.9 Å². The second-order valence-electron chi connectivity index (χ2n) is 5.30. The van der Waals surface area contributed by atoms with E-state index in [1.807, 2.05) is 22.7 Å². The number of hydrogen-bond acceptors (Lipinski definition) is 2. The lowest BCUT2D eigenvalue weighted by Gasteiger charge is -2.10. The smallest absolute Gasteiger partial charge is 0.0348 e. The predicted octanol–water partition coefficient (Wildman–Crippen LogP) is 6.38. The van der Waals surface area contributed by atoms with Gasteiger partial charge in [0.2, 0.25) is 0 Å². The number of rotatable bonds is 2. The first kappa shape index (κ1) is 13.6. The van der Waals surface area contributed by atoms with E-state index in [4.69, 9.17) is 0 Å². The Kier molecular flexibility index (Phi) is 3.53. The van der Waals surface area contributed by atoms with E-state index in [0.717, 1.165) is 0 Å². The summed E-state index contributed by atoms with van der Waals surface area (Å²) >= 11 is 3.74. The number of aryl methyl sites for hydroxylation is 4. The van der Waals surface area contributed by atoms with E-state index in [9.17, 15) is 0 Å². The van der Waals surface area contributed by atoms with Gasteiger partial charge in [-0.3, -0.25) is 0 Å². The third-order valence-electron chi connectivity index (χ3n) is 3.58. The molecule has 0 N–H and O–H groups in total. The average Bonchev–Trinajstić information content (AvgIpc) is 3.00. The van der Waals surface area contributed by atoms with Crippen LogP contribution in [0, 0.1) is 27.7 Å². The molecule has 0 atom stereocenters. The van der Waals surface area contributed by atoms with Gasteiger partial charge in [0.05, 0.1) is 0 Å². The van der Waals surface area contributed by atoms with Gasteiger partial charge in [-0.25, -0.2) is 0 Å². The molecule has 3 aromatic rings. The molecule has 0 nitrogen and oxygen atoms in total. The van der Waals surface area contributed by atoms with Crippen molar-refractivity contribution in [3.8, 4) is 20.9 Å². The van der Waals surface area contributed by atoms with Gasteiger partial charge in [0.1, 0.15) is 0 Å². The van der Waals surface area contributed by atoms with Crippen LogP contribution in [0.5, 0.6) is 0 Å². The molecule has 2 heteroatoms. The maximum Gasteiger partial charge on any atom is 0.0348 e. The van der Waals surface area contributed by atoms with Crippen LogP contribution in [0.4, 0.5) is 0 Å². The van der Waals surface area contributed by atoms with Crippen molar-refractivity contribution in [3.63, 3.8) is 0 Å². The molecule has 0 saturated carbocycles. The van der Waals surface area contributed by atoms with E-state index in [0.29, 0.717) is 0 Å². The highest BCUT2D eigenvalue weighted by Gasteiger charge is 2.10. The number of benzene rings is 1. The summed E-state index contributed by atoms with van der Waals surface area (Å²) in [6.45, 7) is 8.76. The molecule has 0 fully saturated rings. The van der Waals surface area contributed by atoms with Crippen molar-refractivity contribution < 1.29 is 0 Å². The van der Waals surface area contributed by atoms with Gasteiger partial charge >= 0.3 is 0 Å². The maximum atomic E-state index is 2.34. The van der Waals surface area contributed by atoms with Crippen molar-refractivity contribution in [1.82, 2.24) is 0 Å². The lowest BCUT2D eigenvalue weighted by Crippen LogP contribution is -1.87. The first-order valence-electron chi connectivity index (χ1n) is 6.79. The van der Waals surface area contributed by atoms with Crippen LogP contribution < -0.4 is 0 Å². The van der Waals surface area contributed by atoms with Gasteiger partial charge in [0.15, 0.2) is 0 Å². The molecule has 0 radical (unpaired) electrons. The summed E-state index contributed by atoms with van der Waals surface area (Å²) in [5.41, 5.74) is 5.47. The maximum absolute atomic E-state index is 2.34. The summed E-state index contributed by atoms with van der Waals surface area (Å²) in [7, 11) is 0. The molecular weight excluding hydrogens is 280 g/mol. The molecule has 2 aromatic heterocycles. The van der Waals surface area contributed by atoms with Gasteiger partial charge in [-0.1, -0.05) is 0 Å². The third kappa shape index (κ3) is 2.46. The van der Waals surface area contributed by atoms with Crippen molar-refractivity contribution in [2.75, 3.05) is 0 Å². The summed E-state index contributed by atoms with van der Waals surface area (Å²) in [5.74, 6) is 0. The summed E-state index contributed by atoms with van der Waals surface area (Å²) < 4.78 is 0. The molecule has 1 aromatic carbocycles. The minimum absolute atomic E-state index is 1.36. The van der Waals surface area contributed by atoms with Crippen molar-refractivity contribution in [3.05, 3.63) is 57.3 Å². The quantitative estimate of drug-likeness (QED) is 0.515. The van der Waals surface area contributed by atoms with Gasteiger partial charge in [0, 0.05) is 19.5 Å². The minimum Gasteiger partial charge on any atom is -0.141 e. The molecule has 2 heterocycles. The highest BCUT2D eigenvalue weighted by molar-refractivity contribution is 7.15. The zero-order valence-corrected chi connectivity index (χ0v) is 13.9. The van der Waals surface area contributed by atoms with Crippen molar-refractivity contribution >= 4 is 22.7 Å². The van der Waals surface area contributed by atoms with Crippen LogP contribution in [-0.2, 0) is 0 Å². The summed E-state index contributed by atoms with van der Waals surface area (Å²) in [6.07, 6.45) is 0. The Morgan fingerprint density at radius 1 is 0.600 bits per heavy atom. The monoisotopic (exact) mass is 298 g/mol. The fourth-order valence-corrected chi connectivity index (χ4v) is 4.40. The SMILES string of the molecule is Cc1ccc(-c2cc(C)c(-c3ccc(C)s3)cc2C)s1. The van der Waals surface area contributed by atoms with Crippen LogP contribution >= 0.6 is 22.7 Å². The lowest BCUT2D eigenvalue weighted by molar-refractivity contribution is 1.41. The standard InChI is InChI=1S/C18H18S2/c1-11-9-16(18-8-6-14(4)20-18)12(2)10-15(11)17-7-5-13(3)19-17/h5-10H,1-4H3. The summed E-state index contributed by atoms with van der Waals surface area (Å²) in [5, 5.41) is 0. The Labute approximate surface area is 128 Å². The fourth-order valence-electron chi connectivity index (χ4n) is 2.51. The molecule has 0 spiro atoms. The molecule has 0 bridgehead atoms. The molecule has 3 rings (SSSR count). The number of thiophene rings is 2. The van der Waals surface area contributed by atoms with Crippen molar-refractivity contribution in [2.24, 2.45) is 0 Å². The minimum atomic E-state index is 1.36. The summed E-state index contributed by atoms with van der Waals surface area (Å²) in [6, 6.07) is 13.5. The van der Waals surface area contributed by atoms with Gasteiger partial charge in [0.25, 0.3) is 0 Å². The van der Waals surface area contributed by atoms with Crippen LogP contribution in [0.15, 0.2) is 36.4 Å². The largest absolute Gasteiger partial charge is 0.141 e. The predicted molar refractivity (Wildman–Crippen MR) is 92.0 cm³/mol. The molecule has 20 heavy (non-hydrogen) atoms. The van der Waals surface area contributed by atoms with Crippen LogP contribution in [-0.4, -0.2) is 0 Å². The van der Waals surface area contributed by atoms with Gasteiger partial charge in [-0.2, -0.15) is 0 Å². The Morgan fingerprint density at radius 3 is 1.30 bits per heavy atom. The van der Waals surface area contributed by atoms with E-state index < -0.39 is 0 Å². The highest BCUT2D eigenvalue weighted by Crippen LogP contribution is 2.37. The van der Waals surface area contributed by atoms with Crippen molar-refractivity contribution in [1.29, 1.82) is 0 Å². The normalized spacial score (nSPS) is 11.0. The van der Waals surface area contributed by atoms with Crippen LogP contribution in [0.2, 0.25) is 0 Å². The molecule has 0 saturated heterocycles. The zero-order chi connectivity index (χ0) is 14.3. The van der Waals surface area contributed by atoms with E-state index >= 15 is 0 Å². The fraction of sp³-hybridized carbons (Fsp3) is 0.222. The molecule has 0 aliphatic rings. The second-order valence-corrected chi connectivity index (χ2v) is 7.88. The highest BCUT2D eigenvalue weighted by atomic mass is 32.1. The third-order valence-corrected chi connectivity index (χ3v) is 5.65. The Bertz CT molecular complexity index is 694. The summed E-state index contributed by atoms with van der Waals surface area (Å²) in [4.78, 5) is 5.49. The van der Waals surface area contributed by atoms with Crippen LogP contribution in [0.1, 0.15) is 20.9 Å². The second kappa shape index (κ2) is 5.19. The van der Waals surface area contributed by atoms with E-state index in [1.165, 1.54) is 41.8 Å². The van der Waals surface area contributed by atoms with Crippen molar-refractivity contribution in [2.45, 2.75) is 27.7 Å². The molecule has 0 aliphatic heterocycles. The Morgan fingerprint density at radius 2 is 1.00 bits per heavy atom. The molecule has 0 aliphatic carbocycles. The lowest BCUT2D eigenvalue weighted by atomic mass is 9.98. The molecular formula is C18H18S2. The zero-order valence-electron chi connectivity index (χ0n) is 12.3. The molecule has 0 amide bonds. The first-order valence-corrected chi connectivity index (χ1v) is 8.43. The molecule has 102 valence electrons. The average molecular weight is 298 g/mol. The topological polar surface area (TPSA) is 0 Å². The van der Waals surface area contributed by atoms with Gasteiger partial charge in [-0.15, -0.1) is 22.7 Å². The van der Waals surface area contributed by atoms with E-state index in [2.05, 4.69) is 64.1 Å². The molecule has 0 unspecified atom stereocenters. The first-order chi connectivity index (χ1) is 9.54. The number of hydrogen-bond donors (Lipinski definition) is 0. The van der Waals surface area contributed by atoms with Gasteiger partial charge < -0.3 is 0 Å².